The molecule has 0 aliphatic carbocycles. The van der Waals surface area contributed by atoms with Crippen LogP contribution in [-0.4, -0.2) is 14.2 Å². The Bertz CT molecular complexity index is 526. The summed E-state index contributed by atoms with van der Waals surface area (Å²) < 4.78 is 3.74. The van der Waals surface area contributed by atoms with Crippen molar-refractivity contribution in [1.82, 2.24) is 14.2 Å². The van der Waals surface area contributed by atoms with Crippen molar-refractivity contribution in [2.45, 2.75) is 19.9 Å². The van der Waals surface area contributed by atoms with Gasteiger partial charge in [-0.15, -0.1) is 5.10 Å². The highest BCUT2D eigenvalue weighted by Gasteiger charge is 2.10. The lowest BCUT2D eigenvalue weighted by atomic mass is 10.4. The van der Waals surface area contributed by atoms with Gasteiger partial charge >= 0.3 is 5.69 Å². The number of nitrogens with zero attached hydrogens (tertiary/aromatic N) is 3. The summed E-state index contributed by atoms with van der Waals surface area (Å²) in [6.45, 7) is 3.86. The molecule has 0 fully saturated rings. The molecule has 2 rings (SSSR count). The van der Waals surface area contributed by atoms with E-state index in [-0.39, 0.29) is 11.7 Å². The van der Waals surface area contributed by atoms with Crippen LogP contribution in [0.3, 0.4) is 0 Å². The zero-order valence-electron chi connectivity index (χ0n) is 7.94. The summed E-state index contributed by atoms with van der Waals surface area (Å²) in [6.07, 6.45) is 0. The molecule has 0 saturated heterocycles. The van der Waals surface area contributed by atoms with E-state index in [0.717, 1.165) is 4.60 Å². The molecule has 74 valence electrons. The third kappa shape index (κ3) is 1.28. The second-order valence-electron chi connectivity index (χ2n) is 3.36. The van der Waals surface area contributed by atoms with Gasteiger partial charge in [-0.25, -0.2) is 13.9 Å². The molecule has 0 radical (unpaired) electrons. The Labute approximate surface area is 89.3 Å². The van der Waals surface area contributed by atoms with Crippen LogP contribution in [0.15, 0.2) is 27.6 Å². The maximum absolute atomic E-state index is 11.8. The van der Waals surface area contributed by atoms with E-state index in [1.165, 1.54) is 4.68 Å². The predicted octanol–water partition coefficient (Wildman–Crippen LogP) is 1.84. The molecule has 0 aliphatic heterocycles. The molecule has 4 nitrogen and oxygen atoms in total. The Balaban J connectivity index is 2.88. The summed E-state index contributed by atoms with van der Waals surface area (Å²) in [4.78, 5) is 11.8. The van der Waals surface area contributed by atoms with Crippen molar-refractivity contribution >= 4 is 21.6 Å². The molecule has 0 amide bonds. The molecule has 2 aromatic rings. The Kier molecular flexibility index (Phi) is 2.19. The van der Waals surface area contributed by atoms with Crippen LogP contribution in [0.4, 0.5) is 0 Å². The average molecular weight is 256 g/mol. The maximum Gasteiger partial charge on any atom is 0.351 e. The normalized spacial score (nSPS) is 11.4. The van der Waals surface area contributed by atoms with E-state index in [1.54, 1.807) is 4.40 Å². The van der Waals surface area contributed by atoms with E-state index in [1.807, 2.05) is 32.0 Å². The van der Waals surface area contributed by atoms with Crippen LogP contribution in [0, 0.1) is 0 Å². The zero-order valence-corrected chi connectivity index (χ0v) is 9.52. The van der Waals surface area contributed by atoms with Crippen LogP contribution in [0.2, 0.25) is 0 Å². The average Bonchev–Trinajstić information content (AvgIpc) is 2.45. The highest BCUT2D eigenvalue weighted by molar-refractivity contribution is 9.10. The fourth-order valence-corrected chi connectivity index (χ4v) is 1.82. The van der Waals surface area contributed by atoms with Crippen LogP contribution in [0.5, 0.6) is 0 Å². The van der Waals surface area contributed by atoms with Crippen molar-refractivity contribution in [1.29, 1.82) is 0 Å². The van der Waals surface area contributed by atoms with Crippen molar-refractivity contribution in [2.24, 2.45) is 0 Å². The second kappa shape index (κ2) is 3.24. The van der Waals surface area contributed by atoms with E-state index in [0.29, 0.717) is 5.65 Å². The first-order valence-corrected chi connectivity index (χ1v) is 5.16. The van der Waals surface area contributed by atoms with E-state index in [2.05, 4.69) is 21.0 Å². The van der Waals surface area contributed by atoms with Crippen LogP contribution in [-0.2, 0) is 0 Å². The summed E-state index contributed by atoms with van der Waals surface area (Å²) in [7, 11) is 0. The number of rotatable bonds is 1. The molecular formula is C9H10BrN3O. The van der Waals surface area contributed by atoms with Crippen molar-refractivity contribution in [3.05, 3.63) is 33.3 Å². The summed E-state index contributed by atoms with van der Waals surface area (Å²) in [5.41, 5.74) is 0.556. The van der Waals surface area contributed by atoms with Gasteiger partial charge in [0.1, 0.15) is 0 Å². The monoisotopic (exact) mass is 255 g/mol. The summed E-state index contributed by atoms with van der Waals surface area (Å²) >= 11 is 3.32. The van der Waals surface area contributed by atoms with Crippen LogP contribution >= 0.6 is 15.9 Å². The molecule has 2 heterocycles. The molecule has 2 aromatic heterocycles. The first-order chi connectivity index (χ1) is 6.61. The molecular weight excluding hydrogens is 246 g/mol. The molecule has 0 N–H and O–H groups in total. The van der Waals surface area contributed by atoms with E-state index >= 15 is 0 Å². The van der Waals surface area contributed by atoms with Gasteiger partial charge in [-0.2, -0.15) is 0 Å². The lowest BCUT2D eigenvalue weighted by molar-refractivity contribution is 0.514. The number of pyridine rings is 1. The van der Waals surface area contributed by atoms with Crippen molar-refractivity contribution in [3.8, 4) is 0 Å². The van der Waals surface area contributed by atoms with E-state index in [4.69, 9.17) is 0 Å². The predicted molar refractivity (Wildman–Crippen MR) is 57.5 cm³/mol. The third-order valence-electron chi connectivity index (χ3n) is 2.01. The minimum absolute atomic E-state index is 0.0781. The fraction of sp³-hybridized carbons (Fsp3) is 0.333. The van der Waals surface area contributed by atoms with Crippen molar-refractivity contribution in [3.63, 3.8) is 0 Å². The highest BCUT2D eigenvalue weighted by atomic mass is 79.9. The Morgan fingerprint density at radius 1 is 1.43 bits per heavy atom. The first kappa shape index (κ1) is 9.45. The maximum atomic E-state index is 11.8. The molecule has 14 heavy (non-hydrogen) atoms. The van der Waals surface area contributed by atoms with Gasteiger partial charge in [0.05, 0.1) is 10.6 Å². The fourth-order valence-electron chi connectivity index (χ4n) is 1.33. The Morgan fingerprint density at radius 2 is 2.14 bits per heavy atom. The number of halogens is 1. The molecule has 0 bridgehead atoms. The molecule has 0 aromatic carbocycles. The standard InChI is InChI=1S/C9H10BrN3O/c1-6(2)13-9(14)12-7(10)4-3-5-8(12)11-13/h3-6H,1-2H3. The van der Waals surface area contributed by atoms with Gasteiger partial charge < -0.3 is 0 Å². The van der Waals surface area contributed by atoms with Gasteiger partial charge in [-0.05, 0) is 41.9 Å². The Hall–Kier alpha value is -1.10. The van der Waals surface area contributed by atoms with Crippen molar-refractivity contribution < 1.29 is 0 Å². The van der Waals surface area contributed by atoms with Crippen LogP contribution < -0.4 is 5.69 Å². The van der Waals surface area contributed by atoms with Gasteiger partial charge in [-0.3, -0.25) is 0 Å². The second-order valence-corrected chi connectivity index (χ2v) is 4.18. The van der Waals surface area contributed by atoms with Gasteiger partial charge in [0.25, 0.3) is 0 Å². The zero-order chi connectivity index (χ0) is 10.3. The van der Waals surface area contributed by atoms with Crippen molar-refractivity contribution in [2.75, 3.05) is 0 Å². The smallest absolute Gasteiger partial charge is 0.246 e. The molecule has 0 aliphatic rings. The number of hydrogen-bond acceptors (Lipinski definition) is 2. The lowest BCUT2D eigenvalue weighted by Gasteiger charge is -1.99. The Morgan fingerprint density at radius 3 is 2.71 bits per heavy atom. The topological polar surface area (TPSA) is 39.3 Å². The van der Waals surface area contributed by atoms with Crippen LogP contribution in [0.1, 0.15) is 19.9 Å². The van der Waals surface area contributed by atoms with E-state index in [9.17, 15) is 4.79 Å². The van der Waals surface area contributed by atoms with Gasteiger partial charge in [0.15, 0.2) is 5.65 Å². The minimum atomic E-state index is -0.109. The number of fused-ring (bicyclic) bond motifs is 1. The summed E-state index contributed by atoms with van der Waals surface area (Å²) in [6, 6.07) is 5.57. The molecule has 5 heteroatoms. The quantitative estimate of drug-likeness (QED) is 0.730. The number of hydrogen-bond donors (Lipinski definition) is 0. The summed E-state index contributed by atoms with van der Waals surface area (Å²) in [5.74, 6) is 0. The first-order valence-electron chi connectivity index (χ1n) is 4.37. The van der Waals surface area contributed by atoms with Gasteiger partial charge in [0.2, 0.25) is 0 Å². The molecule has 0 saturated carbocycles. The lowest BCUT2D eigenvalue weighted by Crippen LogP contribution is -2.23. The third-order valence-corrected chi connectivity index (χ3v) is 2.63. The molecule has 0 unspecified atom stereocenters. The highest BCUT2D eigenvalue weighted by Crippen LogP contribution is 2.10. The van der Waals surface area contributed by atoms with Crippen LogP contribution in [0.25, 0.3) is 5.65 Å². The van der Waals surface area contributed by atoms with Gasteiger partial charge in [-0.1, -0.05) is 6.07 Å². The summed E-state index contributed by atoms with van der Waals surface area (Å²) in [5, 5.41) is 4.21. The SMILES string of the molecule is CC(C)n1nc2cccc(Br)n2c1=O. The largest absolute Gasteiger partial charge is 0.351 e. The van der Waals surface area contributed by atoms with E-state index < -0.39 is 0 Å². The molecule has 0 spiro atoms. The van der Waals surface area contributed by atoms with Gasteiger partial charge in [0, 0.05) is 0 Å². The number of aromatic nitrogens is 3. The molecule has 0 atom stereocenters. The minimum Gasteiger partial charge on any atom is -0.246 e.